The maximum Gasteiger partial charge on any atom is 0.0900 e. The van der Waals surface area contributed by atoms with E-state index in [1.165, 1.54) is 70.8 Å². The molecular weight excluding hydrogens is 246 g/mol. The van der Waals surface area contributed by atoms with E-state index in [4.69, 9.17) is 0 Å². The predicted molar refractivity (Wildman–Crippen MR) is 88.1 cm³/mol. The van der Waals surface area contributed by atoms with Crippen molar-refractivity contribution >= 4 is 0 Å². The van der Waals surface area contributed by atoms with Gasteiger partial charge in [-0.1, -0.05) is 78.1 Å². The molecule has 1 saturated heterocycles. The molecule has 1 N–H and O–H groups in total. The lowest BCUT2D eigenvalue weighted by Crippen LogP contribution is -2.61. The fraction of sp³-hybridized carbons (Fsp3) is 1.00. The van der Waals surface area contributed by atoms with Gasteiger partial charge in [0.2, 0.25) is 0 Å². The van der Waals surface area contributed by atoms with Gasteiger partial charge in [0.05, 0.1) is 5.60 Å². The summed E-state index contributed by atoms with van der Waals surface area (Å²) >= 11 is 0. The molecule has 120 valence electrons. The van der Waals surface area contributed by atoms with Gasteiger partial charge in [-0.15, -0.1) is 0 Å². The number of unbranched alkanes of at least 4 members (excludes halogenated alkanes) is 9. The zero-order chi connectivity index (χ0) is 14.7. The molecule has 1 heterocycles. The smallest absolute Gasteiger partial charge is 0.0900 e. The fourth-order valence-corrected chi connectivity index (χ4v) is 3.39. The third-order valence-electron chi connectivity index (χ3n) is 4.58. The van der Waals surface area contributed by atoms with Gasteiger partial charge in [0.25, 0.3) is 0 Å². The first-order chi connectivity index (χ1) is 9.70. The van der Waals surface area contributed by atoms with E-state index in [9.17, 15) is 5.11 Å². The largest absolute Gasteiger partial charge is 0.387 e. The van der Waals surface area contributed by atoms with E-state index in [-0.39, 0.29) is 5.60 Å². The maximum atomic E-state index is 10.1. The summed E-state index contributed by atoms with van der Waals surface area (Å²) in [7, 11) is 0. The topological polar surface area (TPSA) is 23.5 Å². The summed E-state index contributed by atoms with van der Waals surface area (Å²) in [6.45, 7) is 7.46. The van der Waals surface area contributed by atoms with Crippen molar-refractivity contribution in [3.63, 3.8) is 0 Å². The van der Waals surface area contributed by atoms with Crippen molar-refractivity contribution < 1.29 is 5.11 Å². The van der Waals surface area contributed by atoms with Crippen molar-refractivity contribution in [2.24, 2.45) is 0 Å². The number of nitrogens with zero attached hydrogens (tertiary/aromatic N) is 1. The van der Waals surface area contributed by atoms with Crippen LogP contribution in [0.2, 0.25) is 0 Å². The number of β-amino-alcohol motifs (C(OH)–C–C–N with tert-alkyl or cyclic N) is 1. The molecule has 0 aromatic rings. The summed E-state index contributed by atoms with van der Waals surface area (Å²) in [6, 6.07) is 0. The van der Waals surface area contributed by atoms with Crippen LogP contribution in [0, 0.1) is 0 Å². The first kappa shape index (κ1) is 18.0. The molecule has 20 heavy (non-hydrogen) atoms. The van der Waals surface area contributed by atoms with Gasteiger partial charge in [-0.05, 0) is 19.4 Å². The second-order valence-corrected chi connectivity index (χ2v) is 6.87. The van der Waals surface area contributed by atoms with Crippen LogP contribution in [-0.4, -0.2) is 35.2 Å². The molecule has 2 heteroatoms. The number of aliphatic hydroxyl groups is 1. The van der Waals surface area contributed by atoms with E-state index < -0.39 is 0 Å². The Balaban J connectivity index is 1.78. The summed E-state index contributed by atoms with van der Waals surface area (Å²) in [5.74, 6) is 0. The Hall–Kier alpha value is -0.0800. The summed E-state index contributed by atoms with van der Waals surface area (Å²) in [5, 5.41) is 10.1. The SMILES string of the molecule is CCCCCCCCCCCCN1CC(O)(CCC)C1. The van der Waals surface area contributed by atoms with Crippen LogP contribution in [0.5, 0.6) is 0 Å². The van der Waals surface area contributed by atoms with Crippen LogP contribution in [-0.2, 0) is 0 Å². The monoisotopic (exact) mass is 283 g/mol. The first-order valence-electron chi connectivity index (χ1n) is 9.15. The van der Waals surface area contributed by atoms with Gasteiger partial charge < -0.3 is 5.11 Å². The van der Waals surface area contributed by atoms with Crippen LogP contribution in [0.1, 0.15) is 90.9 Å². The highest BCUT2D eigenvalue weighted by atomic mass is 16.3. The highest BCUT2D eigenvalue weighted by Crippen LogP contribution is 2.25. The molecule has 0 aromatic heterocycles. The van der Waals surface area contributed by atoms with E-state index in [0.29, 0.717) is 0 Å². The van der Waals surface area contributed by atoms with Crippen LogP contribution in [0.15, 0.2) is 0 Å². The molecule has 0 spiro atoms. The third kappa shape index (κ3) is 7.64. The van der Waals surface area contributed by atoms with Crippen LogP contribution < -0.4 is 0 Å². The normalized spacial score (nSPS) is 18.1. The molecular formula is C18H37NO. The highest BCUT2D eigenvalue weighted by molar-refractivity contribution is 4.94. The summed E-state index contributed by atoms with van der Waals surface area (Å²) in [5.41, 5.74) is -0.340. The molecule has 0 saturated carbocycles. The van der Waals surface area contributed by atoms with Crippen LogP contribution in [0.3, 0.4) is 0 Å². The minimum atomic E-state index is -0.340. The second kappa shape index (κ2) is 10.6. The van der Waals surface area contributed by atoms with E-state index in [1.807, 2.05) is 0 Å². The Morgan fingerprint density at radius 2 is 1.25 bits per heavy atom. The molecule has 1 aliphatic rings. The minimum Gasteiger partial charge on any atom is -0.387 e. The van der Waals surface area contributed by atoms with E-state index in [0.717, 1.165) is 25.9 Å². The van der Waals surface area contributed by atoms with Gasteiger partial charge in [-0.2, -0.15) is 0 Å². The molecule has 1 aliphatic heterocycles. The standard InChI is InChI=1S/C18H37NO/c1-3-5-6-7-8-9-10-11-12-13-15-19-16-18(20,17-19)14-4-2/h20H,3-17H2,1-2H3. The average Bonchev–Trinajstić information content (AvgIpc) is 2.39. The quantitative estimate of drug-likeness (QED) is 0.493. The summed E-state index contributed by atoms with van der Waals surface area (Å²) in [6.07, 6.45) is 16.1. The van der Waals surface area contributed by atoms with Crippen molar-refractivity contribution in [3.8, 4) is 0 Å². The van der Waals surface area contributed by atoms with Gasteiger partial charge in [0, 0.05) is 13.1 Å². The minimum absolute atomic E-state index is 0.340. The molecule has 1 fully saturated rings. The van der Waals surface area contributed by atoms with Gasteiger partial charge in [-0.3, -0.25) is 4.90 Å². The lowest BCUT2D eigenvalue weighted by atomic mass is 9.89. The average molecular weight is 284 g/mol. The first-order valence-corrected chi connectivity index (χ1v) is 9.15. The van der Waals surface area contributed by atoms with Gasteiger partial charge in [0.15, 0.2) is 0 Å². The van der Waals surface area contributed by atoms with Crippen molar-refractivity contribution in [1.29, 1.82) is 0 Å². The zero-order valence-electron chi connectivity index (χ0n) is 14.0. The Labute approximate surface area is 126 Å². The Morgan fingerprint density at radius 1 is 0.750 bits per heavy atom. The molecule has 1 rings (SSSR count). The number of rotatable bonds is 13. The maximum absolute atomic E-state index is 10.1. The summed E-state index contributed by atoms with van der Waals surface area (Å²) < 4.78 is 0. The van der Waals surface area contributed by atoms with Crippen LogP contribution in [0.25, 0.3) is 0 Å². The fourth-order valence-electron chi connectivity index (χ4n) is 3.39. The molecule has 0 aliphatic carbocycles. The summed E-state index contributed by atoms with van der Waals surface area (Å²) in [4.78, 5) is 2.42. The molecule has 0 amide bonds. The Bertz CT molecular complexity index is 223. The van der Waals surface area contributed by atoms with Gasteiger partial charge in [0.1, 0.15) is 0 Å². The Morgan fingerprint density at radius 3 is 1.75 bits per heavy atom. The number of hydrogen-bond donors (Lipinski definition) is 1. The van der Waals surface area contributed by atoms with E-state index in [2.05, 4.69) is 18.7 Å². The molecule has 0 unspecified atom stereocenters. The molecule has 0 aromatic carbocycles. The molecule has 2 nitrogen and oxygen atoms in total. The van der Waals surface area contributed by atoms with Crippen LogP contribution in [0.4, 0.5) is 0 Å². The molecule has 0 atom stereocenters. The lowest BCUT2D eigenvalue weighted by Gasteiger charge is -2.46. The van der Waals surface area contributed by atoms with Gasteiger partial charge in [-0.25, -0.2) is 0 Å². The third-order valence-corrected chi connectivity index (χ3v) is 4.58. The molecule has 0 radical (unpaired) electrons. The predicted octanol–water partition coefficient (Wildman–Crippen LogP) is 4.75. The van der Waals surface area contributed by atoms with E-state index in [1.54, 1.807) is 0 Å². The zero-order valence-corrected chi connectivity index (χ0v) is 14.0. The number of likely N-dealkylation sites (tertiary alicyclic amines) is 1. The Kier molecular flexibility index (Phi) is 9.54. The van der Waals surface area contributed by atoms with Crippen molar-refractivity contribution in [1.82, 2.24) is 4.90 Å². The van der Waals surface area contributed by atoms with Crippen molar-refractivity contribution in [3.05, 3.63) is 0 Å². The van der Waals surface area contributed by atoms with Crippen LogP contribution >= 0.6 is 0 Å². The highest BCUT2D eigenvalue weighted by Gasteiger charge is 2.39. The lowest BCUT2D eigenvalue weighted by molar-refractivity contribution is -0.103. The molecule has 0 bridgehead atoms. The second-order valence-electron chi connectivity index (χ2n) is 6.87. The van der Waals surface area contributed by atoms with Crippen molar-refractivity contribution in [2.45, 2.75) is 96.5 Å². The van der Waals surface area contributed by atoms with Crippen molar-refractivity contribution in [2.75, 3.05) is 19.6 Å². The van der Waals surface area contributed by atoms with Gasteiger partial charge >= 0.3 is 0 Å². The van der Waals surface area contributed by atoms with E-state index >= 15 is 0 Å². The number of hydrogen-bond acceptors (Lipinski definition) is 2.